The fourth-order valence-electron chi connectivity index (χ4n) is 1.45. The molecule has 19 heavy (non-hydrogen) atoms. The Morgan fingerprint density at radius 2 is 1.84 bits per heavy atom. The number of carbonyl (C=O) groups excluding carboxylic acids is 2. The number of carbonyl (C=O) groups is 2. The predicted molar refractivity (Wildman–Crippen MR) is 75.8 cm³/mol. The van der Waals surface area contributed by atoms with Gasteiger partial charge < -0.3 is 15.1 Å². The summed E-state index contributed by atoms with van der Waals surface area (Å²) in [5, 5.41) is 5.42. The number of hydrogen-bond donors (Lipinski definition) is 2. The van der Waals surface area contributed by atoms with Gasteiger partial charge in [0, 0.05) is 19.5 Å². The second-order valence-electron chi connectivity index (χ2n) is 5.45. The van der Waals surface area contributed by atoms with E-state index in [1.165, 1.54) is 0 Å². The van der Waals surface area contributed by atoms with Crippen LogP contribution in [0.15, 0.2) is 21.2 Å². The van der Waals surface area contributed by atoms with Gasteiger partial charge in [0.1, 0.15) is 0 Å². The Bertz CT molecular complexity index is 449. The largest absolute Gasteiger partial charge is 0.444 e. The maximum Gasteiger partial charge on any atom is 0.287 e. The van der Waals surface area contributed by atoms with Gasteiger partial charge in [-0.15, -0.1) is 0 Å². The highest BCUT2D eigenvalue weighted by atomic mass is 79.9. The van der Waals surface area contributed by atoms with Crippen LogP contribution in [0.2, 0.25) is 0 Å². The number of halogens is 1. The topological polar surface area (TPSA) is 71.3 Å². The fraction of sp³-hybridized carbons (Fsp3) is 0.538. The van der Waals surface area contributed by atoms with E-state index < -0.39 is 0 Å². The minimum atomic E-state index is -0.296. The maximum atomic E-state index is 11.6. The highest BCUT2D eigenvalue weighted by Gasteiger charge is 2.15. The van der Waals surface area contributed by atoms with E-state index in [0.29, 0.717) is 24.2 Å². The Morgan fingerprint density at radius 3 is 2.37 bits per heavy atom. The Morgan fingerprint density at radius 1 is 1.21 bits per heavy atom. The first-order valence-electron chi connectivity index (χ1n) is 6.08. The third kappa shape index (κ3) is 6.42. The van der Waals surface area contributed by atoms with Crippen molar-refractivity contribution in [2.24, 2.45) is 5.41 Å². The first-order chi connectivity index (χ1) is 8.78. The van der Waals surface area contributed by atoms with Gasteiger partial charge in [-0.2, -0.15) is 0 Å². The van der Waals surface area contributed by atoms with E-state index in [1.54, 1.807) is 12.1 Å². The first kappa shape index (κ1) is 15.8. The van der Waals surface area contributed by atoms with Crippen LogP contribution in [0.25, 0.3) is 0 Å². The number of nitrogens with one attached hydrogen (secondary N) is 2. The van der Waals surface area contributed by atoms with Crippen molar-refractivity contribution in [2.45, 2.75) is 27.2 Å². The summed E-state index contributed by atoms with van der Waals surface area (Å²) in [5.41, 5.74) is -0.0340. The Balaban J connectivity index is 2.21. The van der Waals surface area contributed by atoms with Crippen LogP contribution in [0.5, 0.6) is 0 Å². The second kappa shape index (κ2) is 6.75. The van der Waals surface area contributed by atoms with Crippen molar-refractivity contribution in [3.05, 3.63) is 22.6 Å². The van der Waals surface area contributed by atoms with Gasteiger partial charge in [0.05, 0.1) is 0 Å². The molecule has 5 nitrogen and oxygen atoms in total. The van der Waals surface area contributed by atoms with Gasteiger partial charge in [-0.25, -0.2) is 0 Å². The van der Waals surface area contributed by atoms with Crippen LogP contribution in [0.1, 0.15) is 37.7 Å². The monoisotopic (exact) mass is 330 g/mol. The van der Waals surface area contributed by atoms with Crippen LogP contribution in [-0.4, -0.2) is 24.9 Å². The summed E-state index contributed by atoms with van der Waals surface area (Å²) in [6.45, 7) is 6.78. The molecule has 2 amide bonds. The molecule has 0 saturated heterocycles. The molecule has 0 saturated carbocycles. The van der Waals surface area contributed by atoms with Crippen LogP contribution in [0.3, 0.4) is 0 Å². The Hall–Kier alpha value is -1.30. The SMILES string of the molecule is CC(C)(C)CC(=O)NCCNC(=O)c1ccc(Br)o1. The summed E-state index contributed by atoms with van der Waals surface area (Å²) in [6.07, 6.45) is 0.464. The van der Waals surface area contributed by atoms with E-state index in [0.717, 1.165) is 0 Å². The van der Waals surface area contributed by atoms with E-state index >= 15 is 0 Å². The Kier molecular flexibility index (Phi) is 5.60. The van der Waals surface area contributed by atoms with Crippen molar-refractivity contribution < 1.29 is 14.0 Å². The van der Waals surface area contributed by atoms with E-state index in [2.05, 4.69) is 26.6 Å². The molecule has 6 heteroatoms. The van der Waals surface area contributed by atoms with E-state index in [4.69, 9.17) is 4.42 Å². The van der Waals surface area contributed by atoms with Crippen LogP contribution in [0.4, 0.5) is 0 Å². The minimum absolute atomic E-state index is 0.0116. The summed E-state index contributed by atoms with van der Waals surface area (Å²) in [6, 6.07) is 3.23. The lowest BCUT2D eigenvalue weighted by Gasteiger charge is -2.17. The lowest BCUT2D eigenvalue weighted by Crippen LogP contribution is -2.35. The van der Waals surface area contributed by atoms with E-state index in [1.807, 2.05) is 20.8 Å². The molecule has 1 aromatic heterocycles. The molecule has 0 atom stereocenters. The minimum Gasteiger partial charge on any atom is -0.444 e. The molecule has 1 aromatic rings. The van der Waals surface area contributed by atoms with Crippen LogP contribution in [0, 0.1) is 5.41 Å². The van der Waals surface area contributed by atoms with Crippen molar-refractivity contribution in [2.75, 3.05) is 13.1 Å². The molecule has 0 aliphatic rings. The second-order valence-corrected chi connectivity index (χ2v) is 6.23. The standard InChI is InChI=1S/C13H19BrN2O3/c1-13(2,3)8-11(17)15-6-7-16-12(18)9-4-5-10(14)19-9/h4-5H,6-8H2,1-3H3,(H,15,17)(H,16,18). The molecule has 1 rings (SSSR count). The Labute approximate surface area is 121 Å². The number of hydrogen-bond acceptors (Lipinski definition) is 3. The summed E-state index contributed by atoms with van der Waals surface area (Å²) < 4.78 is 5.62. The zero-order chi connectivity index (χ0) is 14.5. The van der Waals surface area contributed by atoms with Gasteiger partial charge in [-0.3, -0.25) is 9.59 Å². The van der Waals surface area contributed by atoms with Crippen molar-refractivity contribution in [3.63, 3.8) is 0 Å². The first-order valence-corrected chi connectivity index (χ1v) is 6.87. The molecule has 0 radical (unpaired) electrons. The van der Waals surface area contributed by atoms with E-state index in [9.17, 15) is 9.59 Å². The lowest BCUT2D eigenvalue weighted by molar-refractivity contribution is -0.122. The van der Waals surface area contributed by atoms with Gasteiger partial charge in [0.25, 0.3) is 5.91 Å². The normalized spacial score (nSPS) is 11.2. The van der Waals surface area contributed by atoms with Gasteiger partial charge in [-0.05, 0) is 33.5 Å². The third-order valence-electron chi connectivity index (χ3n) is 2.22. The summed E-state index contributed by atoms with van der Waals surface area (Å²) in [7, 11) is 0. The molecule has 0 spiro atoms. The predicted octanol–water partition coefficient (Wildman–Crippen LogP) is 2.32. The van der Waals surface area contributed by atoms with Crippen molar-refractivity contribution in [1.82, 2.24) is 10.6 Å². The highest BCUT2D eigenvalue weighted by Crippen LogP contribution is 2.17. The van der Waals surface area contributed by atoms with Crippen molar-refractivity contribution >= 4 is 27.7 Å². The van der Waals surface area contributed by atoms with E-state index in [-0.39, 0.29) is 23.0 Å². The van der Waals surface area contributed by atoms with Gasteiger partial charge >= 0.3 is 0 Å². The van der Waals surface area contributed by atoms with Gasteiger partial charge in [-0.1, -0.05) is 20.8 Å². The molecule has 1 heterocycles. The molecule has 0 bridgehead atoms. The third-order valence-corrected chi connectivity index (χ3v) is 2.65. The molecular weight excluding hydrogens is 312 g/mol. The fourth-order valence-corrected chi connectivity index (χ4v) is 1.75. The summed E-state index contributed by atoms with van der Waals surface area (Å²) >= 11 is 3.13. The van der Waals surface area contributed by atoms with Crippen LogP contribution >= 0.6 is 15.9 Å². The van der Waals surface area contributed by atoms with Crippen LogP contribution in [-0.2, 0) is 4.79 Å². The summed E-state index contributed by atoms with van der Waals surface area (Å²) in [4.78, 5) is 23.1. The van der Waals surface area contributed by atoms with Gasteiger partial charge in [0.15, 0.2) is 10.4 Å². The highest BCUT2D eigenvalue weighted by molar-refractivity contribution is 9.10. The average molecular weight is 331 g/mol. The quantitative estimate of drug-likeness (QED) is 0.814. The van der Waals surface area contributed by atoms with Crippen molar-refractivity contribution in [1.29, 1.82) is 0 Å². The zero-order valence-electron chi connectivity index (χ0n) is 11.4. The number of furan rings is 1. The molecule has 0 fully saturated rings. The maximum absolute atomic E-state index is 11.6. The molecule has 0 unspecified atom stereocenters. The molecule has 106 valence electrons. The summed E-state index contributed by atoms with van der Waals surface area (Å²) in [5.74, 6) is -0.0637. The number of rotatable bonds is 5. The smallest absolute Gasteiger partial charge is 0.287 e. The lowest BCUT2D eigenvalue weighted by atomic mass is 9.92. The van der Waals surface area contributed by atoms with Crippen molar-refractivity contribution in [3.8, 4) is 0 Å². The number of amides is 2. The molecule has 0 aliphatic heterocycles. The molecule has 2 N–H and O–H groups in total. The average Bonchev–Trinajstić information content (AvgIpc) is 2.68. The van der Waals surface area contributed by atoms with Gasteiger partial charge in [0.2, 0.25) is 5.91 Å². The molecular formula is C13H19BrN2O3. The molecule has 0 aromatic carbocycles. The molecule has 0 aliphatic carbocycles. The zero-order valence-corrected chi connectivity index (χ0v) is 13.0. The van der Waals surface area contributed by atoms with Crippen LogP contribution < -0.4 is 10.6 Å².